The van der Waals surface area contributed by atoms with Crippen LogP contribution in [0.1, 0.15) is 127 Å². The first-order chi connectivity index (χ1) is 19.7. The molecule has 2 N–H and O–H groups in total. The molecule has 0 aromatic heterocycles. The van der Waals surface area contributed by atoms with Crippen LogP contribution < -0.4 is 0 Å². The molecule has 8 heteroatoms. The molecule has 0 aromatic rings. The number of rotatable bonds is 6. The first kappa shape index (κ1) is 32.7. The molecule has 1 heterocycles. The maximum atomic E-state index is 12.6. The Labute approximate surface area is 258 Å². The molecule has 5 rings (SSSR count). The largest absolute Gasteiger partial charge is 0.481 e. The number of carboxylic acid groups (broad SMARTS) is 1. The summed E-state index contributed by atoms with van der Waals surface area (Å²) in [6.45, 7) is 19.2. The summed E-state index contributed by atoms with van der Waals surface area (Å²) in [5.74, 6) is -1.05. The van der Waals surface area contributed by atoms with Gasteiger partial charge in [-0.25, -0.2) is 0 Å². The van der Waals surface area contributed by atoms with Crippen LogP contribution in [0.3, 0.4) is 0 Å². The minimum Gasteiger partial charge on any atom is -0.481 e. The summed E-state index contributed by atoms with van der Waals surface area (Å²) in [5.41, 5.74) is -1.66. The molecule has 0 radical (unpaired) electrons. The number of hydrogen-bond donors (Lipinski definition) is 2. The molecule has 0 bridgehead atoms. The quantitative estimate of drug-likeness (QED) is 0.268. The van der Waals surface area contributed by atoms with Crippen LogP contribution in [0.4, 0.5) is 0 Å². The van der Waals surface area contributed by atoms with Crippen LogP contribution in [0.2, 0.25) is 0 Å². The third-order valence-electron chi connectivity index (χ3n) is 14.1. The number of ether oxygens (including phenoxy) is 3. The van der Waals surface area contributed by atoms with E-state index < -0.39 is 24.0 Å². The van der Waals surface area contributed by atoms with Crippen molar-refractivity contribution in [2.45, 2.75) is 156 Å². The highest BCUT2D eigenvalue weighted by atomic mass is 16.6. The Kier molecular flexibility index (Phi) is 7.94. The molecule has 0 unspecified atom stereocenters. The van der Waals surface area contributed by atoms with Crippen molar-refractivity contribution in [1.29, 1.82) is 0 Å². The number of fused-ring (bicyclic) bond motifs is 5. The fourth-order valence-electron chi connectivity index (χ4n) is 11.9. The number of esters is 2. The summed E-state index contributed by atoms with van der Waals surface area (Å²) in [4.78, 5) is 36.2. The highest BCUT2D eigenvalue weighted by Crippen LogP contribution is 2.76. The van der Waals surface area contributed by atoms with Gasteiger partial charge in [-0.2, -0.15) is 0 Å². The minimum absolute atomic E-state index is 0.0296. The van der Waals surface area contributed by atoms with E-state index in [0.717, 1.165) is 51.4 Å². The monoisotopic (exact) mass is 604 g/mol. The summed E-state index contributed by atoms with van der Waals surface area (Å²) in [5, 5.41) is 19.9. The maximum absolute atomic E-state index is 12.6. The number of carbonyl (C=O) groups is 3. The molecular weight excluding hydrogens is 548 g/mol. The number of aliphatic hydroxyl groups is 1. The lowest BCUT2D eigenvalue weighted by Gasteiger charge is -2.70. The topological polar surface area (TPSA) is 119 Å². The molecule has 0 amide bonds. The van der Waals surface area contributed by atoms with Gasteiger partial charge in [0.05, 0.1) is 17.3 Å². The molecule has 4 saturated carbocycles. The molecule has 1 saturated heterocycles. The van der Waals surface area contributed by atoms with Crippen LogP contribution in [0, 0.1) is 45.3 Å². The SMILES string of the molecule is CC(=O)O[C@@H]1C[C@@H]2[C@@]3(C)CC[C@@H](OC(=O)CC(=O)O)C(C)(C)[C@@H]3CC[C@@]2(C)[C@]2(C)CC[C@H]([C@]3(C)CC[C@H](C(C)(C)O)O3)[C@H]12. The first-order valence-corrected chi connectivity index (χ1v) is 16.7. The van der Waals surface area contributed by atoms with Gasteiger partial charge in [0, 0.05) is 18.3 Å². The summed E-state index contributed by atoms with van der Waals surface area (Å²) in [6, 6.07) is 0. The first-order valence-electron chi connectivity index (χ1n) is 16.7. The average molecular weight is 605 g/mol. The van der Waals surface area contributed by atoms with E-state index in [2.05, 4.69) is 41.5 Å². The van der Waals surface area contributed by atoms with E-state index in [9.17, 15) is 19.5 Å². The third-order valence-corrected chi connectivity index (χ3v) is 14.1. The smallest absolute Gasteiger partial charge is 0.317 e. The molecule has 8 nitrogen and oxygen atoms in total. The van der Waals surface area contributed by atoms with Crippen molar-refractivity contribution in [2.75, 3.05) is 0 Å². The fourth-order valence-corrected chi connectivity index (χ4v) is 11.9. The zero-order chi connectivity index (χ0) is 32.0. The van der Waals surface area contributed by atoms with Gasteiger partial charge in [0.15, 0.2) is 0 Å². The second kappa shape index (κ2) is 10.4. The third kappa shape index (κ3) is 5.05. The van der Waals surface area contributed by atoms with E-state index in [1.54, 1.807) is 0 Å². The van der Waals surface area contributed by atoms with Crippen LogP contribution >= 0.6 is 0 Å². The van der Waals surface area contributed by atoms with E-state index in [0.29, 0.717) is 12.3 Å². The lowest BCUT2D eigenvalue weighted by atomic mass is 9.35. The summed E-state index contributed by atoms with van der Waals surface area (Å²) in [7, 11) is 0. The van der Waals surface area contributed by atoms with E-state index >= 15 is 0 Å². The van der Waals surface area contributed by atoms with E-state index in [1.165, 1.54) is 6.92 Å². The van der Waals surface area contributed by atoms with Gasteiger partial charge in [-0.1, -0.05) is 34.6 Å². The number of carboxylic acids is 1. The second-order valence-corrected chi connectivity index (χ2v) is 17.1. The molecule has 4 aliphatic carbocycles. The van der Waals surface area contributed by atoms with Gasteiger partial charge in [-0.05, 0) is 113 Å². The fraction of sp³-hybridized carbons (Fsp3) is 0.914. The summed E-state index contributed by atoms with van der Waals surface area (Å²) < 4.78 is 18.9. The van der Waals surface area contributed by atoms with Gasteiger partial charge in [0.25, 0.3) is 0 Å². The highest BCUT2D eigenvalue weighted by Gasteiger charge is 2.72. The summed E-state index contributed by atoms with van der Waals surface area (Å²) in [6.07, 6.45) is 6.90. The van der Waals surface area contributed by atoms with Crippen molar-refractivity contribution in [1.82, 2.24) is 0 Å². The molecule has 5 fully saturated rings. The minimum atomic E-state index is -1.17. The van der Waals surface area contributed by atoms with Gasteiger partial charge in [-0.15, -0.1) is 0 Å². The van der Waals surface area contributed by atoms with Crippen molar-refractivity contribution in [2.24, 2.45) is 45.3 Å². The van der Waals surface area contributed by atoms with Gasteiger partial charge in [0.2, 0.25) is 0 Å². The van der Waals surface area contributed by atoms with Crippen LogP contribution in [0.15, 0.2) is 0 Å². The number of carbonyl (C=O) groups excluding carboxylic acids is 2. The Hall–Kier alpha value is -1.67. The van der Waals surface area contributed by atoms with Crippen LogP contribution in [-0.2, 0) is 28.6 Å². The molecule has 43 heavy (non-hydrogen) atoms. The van der Waals surface area contributed by atoms with E-state index in [-0.39, 0.29) is 69.3 Å². The van der Waals surface area contributed by atoms with Gasteiger partial charge in [-0.3, -0.25) is 14.4 Å². The highest BCUT2D eigenvalue weighted by molar-refractivity contribution is 5.90. The van der Waals surface area contributed by atoms with Gasteiger partial charge >= 0.3 is 17.9 Å². The molecular formula is C35H56O8. The predicted octanol–water partition coefficient (Wildman–Crippen LogP) is 6.31. The van der Waals surface area contributed by atoms with E-state index in [1.807, 2.05) is 13.8 Å². The molecule has 244 valence electrons. The summed E-state index contributed by atoms with van der Waals surface area (Å²) >= 11 is 0. The average Bonchev–Trinajstić information content (AvgIpc) is 3.44. The van der Waals surface area contributed by atoms with Crippen LogP contribution in [0.25, 0.3) is 0 Å². The number of hydrogen-bond acceptors (Lipinski definition) is 7. The van der Waals surface area contributed by atoms with Gasteiger partial charge in [0.1, 0.15) is 18.6 Å². The molecule has 5 aliphatic rings. The molecule has 11 atom stereocenters. The maximum Gasteiger partial charge on any atom is 0.317 e. The lowest BCUT2D eigenvalue weighted by molar-refractivity contribution is -0.254. The van der Waals surface area contributed by atoms with Crippen LogP contribution in [-0.4, -0.2) is 57.6 Å². The van der Waals surface area contributed by atoms with Crippen molar-refractivity contribution in [3.8, 4) is 0 Å². The van der Waals surface area contributed by atoms with Crippen LogP contribution in [0.5, 0.6) is 0 Å². The Bertz CT molecular complexity index is 1140. The lowest BCUT2D eigenvalue weighted by Crippen LogP contribution is -2.67. The van der Waals surface area contributed by atoms with Crippen molar-refractivity contribution in [3.63, 3.8) is 0 Å². The standard InChI is InChI=1S/C35H56O8/c1-20(36)41-22-18-24-32(6)14-12-25(42-28(39)19-27(37)38)30(2,3)23(32)11-16-33(24,7)34(8)15-10-21(29(22)34)35(9)17-13-26(43-35)31(4,5)40/h21-26,29,40H,10-19H2,1-9H3,(H,37,38)/t21-,22+,23-,24+,25+,26+,29+,32-,33+,34+,35-/m0/s1. The molecule has 1 aliphatic heterocycles. The van der Waals surface area contributed by atoms with Gasteiger partial charge < -0.3 is 24.4 Å². The predicted molar refractivity (Wildman–Crippen MR) is 161 cm³/mol. The normalized spacial score (nSPS) is 47.2. The van der Waals surface area contributed by atoms with Crippen molar-refractivity contribution < 1.29 is 38.8 Å². The van der Waals surface area contributed by atoms with Crippen molar-refractivity contribution >= 4 is 17.9 Å². The Morgan fingerprint density at radius 2 is 1.51 bits per heavy atom. The zero-order valence-electron chi connectivity index (χ0n) is 28.0. The van der Waals surface area contributed by atoms with Crippen molar-refractivity contribution in [3.05, 3.63) is 0 Å². The van der Waals surface area contributed by atoms with E-state index in [4.69, 9.17) is 19.3 Å². The second-order valence-electron chi connectivity index (χ2n) is 17.1. The molecule has 0 aromatic carbocycles. The molecule has 0 spiro atoms. The zero-order valence-corrected chi connectivity index (χ0v) is 28.0. The number of aliphatic carboxylic acids is 1. The Morgan fingerprint density at radius 1 is 0.860 bits per heavy atom. The Morgan fingerprint density at radius 3 is 2.09 bits per heavy atom. The Balaban J connectivity index is 1.48.